The molecule has 0 aliphatic heterocycles. The Kier molecular flexibility index (Phi) is 7.94. The molecule has 0 radical (unpaired) electrons. The lowest BCUT2D eigenvalue weighted by atomic mass is 9.83. The number of hydrogen-bond donors (Lipinski definition) is 1. The fourth-order valence-corrected chi connectivity index (χ4v) is 8.68. The number of thiophene rings is 1. The smallest absolute Gasteiger partial charge is 0.345 e. The third-order valence-electron chi connectivity index (χ3n) is 8.95. The minimum Gasteiger partial charge on any atom is -0.477 e. The maximum absolute atomic E-state index is 13.1. The molecule has 5 heterocycles. The molecule has 1 fully saturated rings. The number of aryl methyl sites for hydroxylation is 2. The summed E-state index contributed by atoms with van der Waals surface area (Å²) in [5.74, 6) is -0.663. The molecule has 46 heavy (non-hydrogen) atoms. The van der Waals surface area contributed by atoms with E-state index in [0.29, 0.717) is 10.8 Å². The Labute approximate surface area is 275 Å². The monoisotopic (exact) mass is 649 g/mol. The molecule has 6 aromatic rings. The van der Waals surface area contributed by atoms with Gasteiger partial charge in [-0.15, -0.1) is 22.7 Å². The number of likely N-dealkylation sites (N-methyl/N-ethyl adjacent to an activating group) is 1. The zero-order chi connectivity index (χ0) is 32.1. The molecule has 5 aromatic heterocycles. The summed E-state index contributed by atoms with van der Waals surface area (Å²) in [7, 11) is 3.51. The van der Waals surface area contributed by atoms with Gasteiger partial charge in [-0.25, -0.2) is 14.8 Å². The molecule has 1 aliphatic carbocycles. The van der Waals surface area contributed by atoms with Gasteiger partial charge in [0.2, 0.25) is 5.91 Å². The number of carboxylic acids is 1. The predicted molar refractivity (Wildman–Crippen MR) is 186 cm³/mol. The molecule has 0 unspecified atom stereocenters. The van der Waals surface area contributed by atoms with Gasteiger partial charge in [0.25, 0.3) is 0 Å². The number of rotatable bonds is 7. The molecule has 234 valence electrons. The second-order valence-corrected chi connectivity index (χ2v) is 14.5. The van der Waals surface area contributed by atoms with Gasteiger partial charge in [-0.3, -0.25) is 9.78 Å². The van der Waals surface area contributed by atoms with Crippen LogP contribution in [0.2, 0.25) is 0 Å². The lowest BCUT2D eigenvalue weighted by Crippen LogP contribution is -2.26. The molecule has 10 heteroatoms. The summed E-state index contributed by atoms with van der Waals surface area (Å²) in [4.78, 5) is 42.4. The van der Waals surface area contributed by atoms with Crippen LogP contribution in [0.1, 0.15) is 64.0 Å². The molecule has 0 atom stereocenters. The van der Waals surface area contributed by atoms with Crippen molar-refractivity contribution in [3.8, 4) is 33.1 Å². The number of carboxylic acid groups (broad SMARTS) is 1. The number of aromatic nitrogens is 4. The van der Waals surface area contributed by atoms with Crippen LogP contribution in [0.25, 0.3) is 54.2 Å². The highest BCUT2D eigenvalue weighted by molar-refractivity contribution is 7.21. The van der Waals surface area contributed by atoms with Gasteiger partial charge in [-0.05, 0) is 80.1 Å². The summed E-state index contributed by atoms with van der Waals surface area (Å²) in [6, 6.07) is 16.2. The first-order valence-electron chi connectivity index (χ1n) is 15.6. The number of thiazole rings is 1. The van der Waals surface area contributed by atoms with Crippen molar-refractivity contribution in [3.05, 3.63) is 75.9 Å². The maximum atomic E-state index is 13.1. The summed E-state index contributed by atoms with van der Waals surface area (Å²) in [5, 5.41) is 11.9. The van der Waals surface area contributed by atoms with E-state index in [-0.39, 0.29) is 12.5 Å². The van der Waals surface area contributed by atoms with E-state index in [0.717, 1.165) is 90.6 Å². The second kappa shape index (κ2) is 12.1. The number of carbonyl (C=O) groups is 2. The first kappa shape index (κ1) is 30.3. The van der Waals surface area contributed by atoms with Crippen LogP contribution in [0.4, 0.5) is 0 Å². The minimum absolute atomic E-state index is 0.0382. The number of nitrogens with zero attached hydrogens (tertiary/aromatic N) is 5. The summed E-state index contributed by atoms with van der Waals surface area (Å²) in [6.45, 7) is 4.16. The average Bonchev–Trinajstić information content (AvgIpc) is 3.73. The predicted octanol–water partition coefficient (Wildman–Crippen LogP) is 8.55. The summed E-state index contributed by atoms with van der Waals surface area (Å²) in [6.07, 6.45) is 7.49. The third-order valence-corrected chi connectivity index (χ3v) is 11.2. The number of amides is 1. The van der Waals surface area contributed by atoms with Crippen molar-refractivity contribution in [2.45, 2.75) is 58.4 Å². The molecule has 0 bridgehead atoms. The van der Waals surface area contributed by atoms with Crippen LogP contribution in [0.3, 0.4) is 0 Å². The van der Waals surface area contributed by atoms with Crippen LogP contribution >= 0.6 is 22.7 Å². The van der Waals surface area contributed by atoms with E-state index in [1.54, 1.807) is 36.4 Å². The number of fused-ring (bicyclic) bond motifs is 2. The highest BCUT2D eigenvalue weighted by atomic mass is 32.1. The molecule has 0 spiro atoms. The van der Waals surface area contributed by atoms with Crippen molar-refractivity contribution in [2.24, 2.45) is 0 Å². The minimum atomic E-state index is -0.936. The van der Waals surface area contributed by atoms with Crippen molar-refractivity contribution in [1.29, 1.82) is 0 Å². The van der Waals surface area contributed by atoms with Gasteiger partial charge in [-0.2, -0.15) is 0 Å². The quantitative estimate of drug-likeness (QED) is 0.186. The van der Waals surface area contributed by atoms with Crippen molar-refractivity contribution >= 4 is 55.7 Å². The van der Waals surface area contributed by atoms with Crippen molar-refractivity contribution in [2.75, 3.05) is 14.1 Å². The fraction of sp³-hybridized carbons (Fsp3) is 0.306. The number of hydrogen-bond acceptors (Lipinski definition) is 7. The van der Waals surface area contributed by atoms with Gasteiger partial charge in [0.1, 0.15) is 11.4 Å². The van der Waals surface area contributed by atoms with Crippen LogP contribution < -0.4 is 0 Å². The van der Waals surface area contributed by atoms with Crippen molar-refractivity contribution in [3.63, 3.8) is 0 Å². The van der Waals surface area contributed by atoms with Gasteiger partial charge in [0.15, 0.2) is 0 Å². The van der Waals surface area contributed by atoms with E-state index in [1.165, 1.54) is 23.3 Å². The Balaban J connectivity index is 1.32. The average molecular weight is 650 g/mol. The molecule has 1 aromatic carbocycles. The van der Waals surface area contributed by atoms with Gasteiger partial charge < -0.3 is 14.6 Å². The van der Waals surface area contributed by atoms with Crippen LogP contribution in [0, 0.1) is 13.8 Å². The Morgan fingerprint density at radius 3 is 2.37 bits per heavy atom. The Bertz CT molecular complexity index is 2120. The number of benzene rings is 1. The molecule has 1 aliphatic rings. The van der Waals surface area contributed by atoms with E-state index < -0.39 is 5.97 Å². The first-order chi connectivity index (χ1) is 22.2. The van der Waals surface area contributed by atoms with Crippen LogP contribution in [-0.4, -0.2) is 55.5 Å². The zero-order valence-electron chi connectivity index (χ0n) is 26.3. The lowest BCUT2D eigenvalue weighted by molar-refractivity contribution is -0.129. The molecule has 7 rings (SSSR count). The zero-order valence-corrected chi connectivity index (χ0v) is 28.0. The molecule has 1 amide bonds. The highest BCUT2D eigenvalue weighted by Gasteiger charge is 2.30. The van der Waals surface area contributed by atoms with Gasteiger partial charge >= 0.3 is 5.97 Å². The Hall–Kier alpha value is -4.41. The standard InChI is InChI=1S/C36H35N5O3S2/c1-20-34(45-21(2)38-20)28-15-12-25(18-37-28)27-13-10-23-16-24(11-14-26(23)39-27)33-32(22-8-6-5-7-9-22)35-29(17-30(46-35)36(43)44)41(33)19-31(42)40(3)4/h10-18,22H,5-9,19H2,1-4H3,(H,43,44). The number of carbonyl (C=O) groups excluding carboxylic acids is 1. The summed E-state index contributed by atoms with van der Waals surface area (Å²) in [5.41, 5.74) is 8.60. The molecule has 1 N–H and O–H groups in total. The summed E-state index contributed by atoms with van der Waals surface area (Å²) >= 11 is 2.98. The topological polar surface area (TPSA) is 101 Å². The van der Waals surface area contributed by atoms with E-state index in [9.17, 15) is 14.7 Å². The van der Waals surface area contributed by atoms with Gasteiger partial charge in [0.05, 0.1) is 48.4 Å². The molecule has 0 saturated heterocycles. The molecular formula is C36H35N5O3S2. The molecule has 1 saturated carbocycles. The van der Waals surface area contributed by atoms with Gasteiger partial charge in [-0.1, -0.05) is 31.4 Å². The van der Waals surface area contributed by atoms with Crippen molar-refractivity contribution < 1.29 is 14.7 Å². The Morgan fingerprint density at radius 1 is 0.935 bits per heavy atom. The largest absolute Gasteiger partial charge is 0.477 e. The van der Waals surface area contributed by atoms with E-state index in [1.807, 2.05) is 42.8 Å². The lowest BCUT2D eigenvalue weighted by Gasteiger charge is -2.24. The highest BCUT2D eigenvalue weighted by Crippen LogP contribution is 2.47. The molecule has 8 nitrogen and oxygen atoms in total. The Morgan fingerprint density at radius 2 is 1.70 bits per heavy atom. The van der Waals surface area contributed by atoms with Crippen LogP contribution in [0.15, 0.2) is 54.7 Å². The SMILES string of the molecule is Cc1nc(C)c(-c2ccc(-c3ccc4cc(-c5c(C6CCCCC6)c6sc(C(=O)O)cc6n5CC(=O)N(C)C)ccc4n3)cn2)s1. The summed E-state index contributed by atoms with van der Waals surface area (Å²) < 4.78 is 3.03. The van der Waals surface area contributed by atoms with E-state index in [2.05, 4.69) is 29.2 Å². The van der Waals surface area contributed by atoms with Gasteiger partial charge in [0, 0.05) is 31.2 Å². The number of pyridine rings is 2. The first-order valence-corrected chi connectivity index (χ1v) is 17.2. The van der Waals surface area contributed by atoms with E-state index >= 15 is 0 Å². The fourth-order valence-electron chi connectivity index (χ4n) is 6.66. The van der Waals surface area contributed by atoms with E-state index in [4.69, 9.17) is 9.97 Å². The number of aromatic carboxylic acids is 1. The molecular weight excluding hydrogens is 615 g/mol. The second-order valence-electron chi connectivity index (χ2n) is 12.3. The third kappa shape index (κ3) is 5.49. The van der Waals surface area contributed by atoms with Crippen LogP contribution in [0.5, 0.6) is 0 Å². The maximum Gasteiger partial charge on any atom is 0.345 e. The van der Waals surface area contributed by atoms with Crippen molar-refractivity contribution in [1.82, 2.24) is 24.4 Å². The normalized spacial score (nSPS) is 13.9. The van der Waals surface area contributed by atoms with Crippen LogP contribution in [-0.2, 0) is 11.3 Å².